The number of fused-ring (bicyclic) bond motifs is 1. The lowest BCUT2D eigenvalue weighted by molar-refractivity contribution is -0.137. The number of nitrogens with one attached hydrogen (secondary N) is 1. The number of hydrogen-bond donors (Lipinski definition) is 2. The average Bonchev–Trinajstić information content (AvgIpc) is 2.48. The maximum absolute atomic E-state index is 11.5. The smallest absolute Gasteiger partial charge is 0.325 e. The van der Waals surface area contributed by atoms with Gasteiger partial charge in [0.25, 0.3) is 5.56 Å². The van der Waals surface area contributed by atoms with Crippen LogP contribution < -0.4 is 5.56 Å². The highest BCUT2D eigenvalue weighted by molar-refractivity contribution is 7.90. The number of hydrogen-bond acceptors (Lipinski definition) is 4. The zero-order valence-corrected chi connectivity index (χ0v) is 8.37. The van der Waals surface area contributed by atoms with Crippen LogP contribution in [0.3, 0.4) is 0 Å². The van der Waals surface area contributed by atoms with Crippen molar-refractivity contribution in [1.82, 2.24) is 9.78 Å². The molecule has 0 aliphatic carbocycles. The van der Waals surface area contributed by atoms with Crippen LogP contribution in [-0.4, -0.2) is 29.3 Å². The van der Waals surface area contributed by atoms with E-state index in [1.807, 2.05) is 0 Å². The van der Waals surface area contributed by atoms with E-state index >= 15 is 0 Å². The van der Waals surface area contributed by atoms with Gasteiger partial charge in [0.05, 0.1) is 22.8 Å². The van der Waals surface area contributed by atoms with E-state index < -0.39 is 27.9 Å². The van der Waals surface area contributed by atoms with Gasteiger partial charge >= 0.3 is 5.97 Å². The zero-order valence-electron chi connectivity index (χ0n) is 7.56. The number of H-pyrrole nitrogens is 1. The fourth-order valence-electron chi connectivity index (χ4n) is 1.58. The van der Waals surface area contributed by atoms with Gasteiger partial charge < -0.3 is 5.11 Å². The molecule has 2 rings (SSSR count). The first-order valence-electron chi connectivity index (χ1n) is 4.12. The Hall–Kier alpha value is -1.57. The summed E-state index contributed by atoms with van der Waals surface area (Å²) in [6, 6.07) is 0. The first-order chi connectivity index (χ1) is 6.89. The van der Waals surface area contributed by atoms with E-state index in [2.05, 4.69) is 5.10 Å². The van der Waals surface area contributed by atoms with Crippen LogP contribution in [0.5, 0.6) is 0 Å². The number of aliphatic carboxylic acids is 1. The second-order valence-corrected chi connectivity index (χ2v) is 5.45. The van der Waals surface area contributed by atoms with Crippen molar-refractivity contribution in [2.75, 3.05) is 0 Å². The molecule has 0 saturated carbocycles. The van der Waals surface area contributed by atoms with Gasteiger partial charge in [0.15, 0.2) is 9.84 Å². The summed E-state index contributed by atoms with van der Waals surface area (Å²) in [6.07, 6.45) is 0. The summed E-state index contributed by atoms with van der Waals surface area (Å²) in [7, 11) is -3.22. The summed E-state index contributed by atoms with van der Waals surface area (Å²) in [6.45, 7) is -0.480. The minimum Gasteiger partial charge on any atom is -0.480 e. The first kappa shape index (κ1) is 9.97. The molecule has 0 aromatic carbocycles. The highest BCUT2D eigenvalue weighted by Gasteiger charge is 2.30. The third kappa shape index (κ3) is 1.67. The Bertz CT molecular complexity index is 579. The summed E-state index contributed by atoms with van der Waals surface area (Å²) in [5.74, 6) is -1.67. The number of nitrogens with zero attached hydrogens (tertiary/aromatic N) is 1. The van der Waals surface area contributed by atoms with E-state index in [1.165, 1.54) is 0 Å². The Morgan fingerprint density at radius 3 is 2.67 bits per heavy atom. The maximum atomic E-state index is 11.5. The summed E-state index contributed by atoms with van der Waals surface area (Å²) in [5.41, 5.74) is -0.0917. The van der Waals surface area contributed by atoms with E-state index in [1.54, 1.807) is 0 Å². The minimum atomic E-state index is -3.22. The van der Waals surface area contributed by atoms with Crippen LogP contribution >= 0.6 is 0 Å². The molecule has 0 saturated heterocycles. The van der Waals surface area contributed by atoms with Gasteiger partial charge in [0.1, 0.15) is 6.54 Å². The predicted octanol–water partition coefficient (Wildman–Crippen LogP) is -1.31. The number of aromatic amines is 1. The third-order valence-electron chi connectivity index (χ3n) is 2.16. The van der Waals surface area contributed by atoms with Gasteiger partial charge in [-0.25, -0.2) is 13.1 Å². The molecular formula is C7H8N2O5S. The molecule has 7 nitrogen and oxygen atoms in total. The Balaban J connectivity index is 2.45. The van der Waals surface area contributed by atoms with Crippen LogP contribution in [0.15, 0.2) is 4.79 Å². The molecule has 15 heavy (non-hydrogen) atoms. The first-order valence-corrected chi connectivity index (χ1v) is 5.94. The fraction of sp³-hybridized carbons (Fsp3) is 0.429. The number of carboxylic acids is 1. The summed E-state index contributed by atoms with van der Waals surface area (Å²) in [4.78, 5) is 21.9. The molecule has 0 fully saturated rings. The maximum Gasteiger partial charge on any atom is 0.325 e. The molecule has 2 heterocycles. The molecule has 82 valence electrons. The molecule has 0 amide bonds. The van der Waals surface area contributed by atoms with Crippen molar-refractivity contribution < 1.29 is 18.3 Å². The lowest BCUT2D eigenvalue weighted by Gasteiger charge is -1.97. The molecule has 0 bridgehead atoms. The van der Waals surface area contributed by atoms with E-state index in [4.69, 9.17) is 5.11 Å². The Labute approximate surface area is 84.2 Å². The second kappa shape index (κ2) is 2.96. The highest BCUT2D eigenvalue weighted by Crippen LogP contribution is 2.19. The lowest BCUT2D eigenvalue weighted by Crippen LogP contribution is -2.24. The number of carbonyl (C=O) groups is 1. The molecule has 1 aliphatic heterocycles. The van der Waals surface area contributed by atoms with E-state index in [0.717, 1.165) is 4.68 Å². The third-order valence-corrected chi connectivity index (χ3v) is 3.62. The quantitative estimate of drug-likeness (QED) is 0.658. The van der Waals surface area contributed by atoms with Gasteiger partial charge in [0, 0.05) is 0 Å². The standard InChI is InChI=1S/C7H8N2O5S/c10-6(11)1-9-7(12)4-2-15(13,14)3-5(4)8-9/h8H,1-3H2,(H,10,11). The SMILES string of the molecule is O=C(O)Cn1[nH]c2c(c1=O)CS(=O)(=O)C2. The Morgan fingerprint density at radius 2 is 2.13 bits per heavy atom. The summed E-state index contributed by atoms with van der Waals surface area (Å²) >= 11 is 0. The van der Waals surface area contributed by atoms with Crippen molar-refractivity contribution in [2.45, 2.75) is 18.1 Å². The topological polar surface area (TPSA) is 109 Å². The molecule has 8 heteroatoms. The van der Waals surface area contributed by atoms with E-state index in [0.29, 0.717) is 5.69 Å². The predicted molar refractivity (Wildman–Crippen MR) is 49.0 cm³/mol. The van der Waals surface area contributed by atoms with Crippen LogP contribution in [0.4, 0.5) is 0 Å². The highest BCUT2D eigenvalue weighted by atomic mass is 32.2. The molecule has 1 aromatic heterocycles. The van der Waals surface area contributed by atoms with Crippen LogP contribution in [0.2, 0.25) is 0 Å². The molecular weight excluding hydrogens is 224 g/mol. The lowest BCUT2D eigenvalue weighted by atomic mass is 10.3. The van der Waals surface area contributed by atoms with E-state index in [9.17, 15) is 18.0 Å². The molecule has 1 aliphatic rings. The average molecular weight is 232 g/mol. The van der Waals surface area contributed by atoms with Crippen molar-refractivity contribution >= 4 is 15.8 Å². The summed E-state index contributed by atoms with van der Waals surface area (Å²) < 4.78 is 23.2. The monoisotopic (exact) mass is 232 g/mol. The fourth-order valence-corrected chi connectivity index (χ4v) is 3.10. The van der Waals surface area contributed by atoms with E-state index in [-0.39, 0.29) is 17.1 Å². The molecule has 0 unspecified atom stereocenters. The van der Waals surface area contributed by atoms with Crippen LogP contribution in [0, 0.1) is 0 Å². The van der Waals surface area contributed by atoms with Crippen molar-refractivity contribution in [3.8, 4) is 0 Å². The van der Waals surface area contributed by atoms with Gasteiger partial charge in [-0.15, -0.1) is 0 Å². The Kier molecular flexibility index (Phi) is 1.97. The Morgan fingerprint density at radius 1 is 1.47 bits per heavy atom. The second-order valence-electron chi connectivity index (χ2n) is 3.39. The number of rotatable bonds is 2. The van der Waals surface area contributed by atoms with Crippen LogP contribution in [-0.2, 0) is 32.7 Å². The number of sulfone groups is 1. The van der Waals surface area contributed by atoms with Crippen LogP contribution in [0.25, 0.3) is 0 Å². The molecule has 0 atom stereocenters. The van der Waals surface area contributed by atoms with Crippen molar-refractivity contribution in [3.63, 3.8) is 0 Å². The minimum absolute atomic E-state index is 0.163. The molecule has 2 N–H and O–H groups in total. The van der Waals surface area contributed by atoms with Gasteiger partial charge in [-0.05, 0) is 0 Å². The number of aromatic nitrogens is 2. The number of carboxylic acid groups (broad SMARTS) is 1. The normalized spacial score (nSPS) is 17.6. The van der Waals surface area contributed by atoms with Gasteiger partial charge in [0.2, 0.25) is 0 Å². The largest absolute Gasteiger partial charge is 0.480 e. The summed E-state index contributed by atoms with van der Waals surface area (Å²) in [5, 5.41) is 11.0. The van der Waals surface area contributed by atoms with Gasteiger partial charge in [-0.3, -0.25) is 14.7 Å². The zero-order chi connectivity index (χ0) is 11.2. The van der Waals surface area contributed by atoms with Crippen LogP contribution in [0.1, 0.15) is 11.3 Å². The van der Waals surface area contributed by atoms with Crippen molar-refractivity contribution in [2.24, 2.45) is 0 Å². The van der Waals surface area contributed by atoms with Gasteiger partial charge in [-0.1, -0.05) is 0 Å². The van der Waals surface area contributed by atoms with Gasteiger partial charge in [-0.2, -0.15) is 0 Å². The molecule has 1 aromatic rings. The molecule has 0 spiro atoms. The molecule has 0 radical (unpaired) electrons. The van der Waals surface area contributed by atoms with Crippen molar-refractivity contribution in [3.05, 3.63) is 21.6 Å². The van der Waals surface area contributed by atoms with Crippen molar-refractivity contribution in [1.29, 1.82) is 0 Å².